The smallest absolute Gasteiger partial charge is 0.346 e. The second-order valence-electron chi connectivity index (χ2n) is 11.3. The van der Waals surface area contributed by atoms with Crippen molar-refractivity contribution >= 4 is 17.5 Å². The fraction of sp³-hybridized carbons (Fsp3) is 0.448. The number of carbonyl (C=O) groups excluding carboxylic acids is 1. The van der Waals surface area contributed by atoms with Gasteiger partial charge < -0.3 is 5.32 Å². The molecule has 1 aromatic heterocycles. The van der Waals surface area contributed by atoms with Crippen molar-refractivity contribution in [2.75, 3.05) is 0 Å². The highest BCUT2D eigenvalue weighted by atomic mass is 35.5. The summed E-state index contributed by atoms with van der Waals surface area (Å²) < 4.78 is 42.3. The summed E-state index contributed by atoms with van der Waals surface area (Å²) in [5.74, 6) is 1.57. The van der Waals surface area contributed by atoms with Crippen LogP contribution in [0.25, 0.3) is 5.69 Å². The van der Waals surface area contributed by atoms with Crippen LogP contribution in [0, 0.1) is 17.8 Å². The van der Waals surface area contributed by atoms with Crippen molar-refractivity contribution in [2.45, 2.75) is 63.2 Å². The molecular weight excluding hydrogens is 515 g/mol. The summed E-state index contributed by atoms with van der Waals surface area (Å²) in [4.78, 5) is 27.3. The first-order chi connectivity index (χ1) is 18.1. The lowest BCUT2D eigenvalue weighted by atomic mass is 9.73. The summed E-state index contributed by atoms with van der Waals surface area (Å²) in [5.41, 5.74) is -0.753. The molecule has 3 aliphatic carbocycles. The van der Waals surface area contributed by atoms with Gasteiger partial charge in [-0.05, 0) is 85.8 Å². The monoisotopic (exact) mass is 543 g/mol. The number of carbonyl (C=O) groups is 1. The lowest BCUT2D eigenvalue weighted by Gasteiger charge is -2.40. The third kappa shape index (κ3) is 4.57. The molecule has 0 aliphatic heterocycles. The van der Waals surface area contributed by atoms with Crippen molar-refractivity contribution in [3.05, 3.63) is 86.8 Å². The Kier molecular flexibility index (Phi) is 6.21. The molecule has 0 spiro atoms. The molecule has 38 heavy (non-hydrogen) atoms. The molecule has 5 nitrogen and oxygen atoms in total. The van der Waals surface area contributed by atoms with Crippen LogP contribution >= 0.6 is 11.6 Å². The summed E-state index contributed by atoms with van der Waals surface area (Å²) in [6.45, 7) is 0.167. The molecule has 200 valence electrons. The molecule has 3 aliphatic rings. The maximum Gasteiger partial charge on any atom is 0.416 e. The van der Waals surface area contributed by atoms with Crippen LogP contribution in [0.1, 0.15) is 66.4 Å². The van der Waals surface area contributed by atoms with Crippen molar-refractivity contribution in [1.82, 2.24) is 14.7 Å². The highest BCUT2D eigenvalue weighted by Gasteiger charge is 2.50. The second kappa shape index (κ2) is 9.33. The van der Waals surface area contributed by atoms with Crippen LogP contribution in [0.4, 0.5) is 13.2 Å². The predicted molar refractivity (Wildman–Crippen MR) is 139 cm³/mol. The number of fused-ring (bicyclic) bond motifs is 2. The minimum absolute atomic E-state index is 0.0231. The normalized spacial score (nSPS) is 26.4. The molecule has 3 aromatic rings. The zero-order valence-corrected chi connectivity index (χ0v) is 21.6. The minimum Gasteiger partial charge on any atom is -0.346 e. The minimum atomic E-state index is -4.50. The van der Waals surface area contributed by atoms with Crippen LogP contribution in [0.5, 0.6) is 0 Å². The van der Waals surface area contributed by atoms with Gasteiger partial charge in [-0.25, -0.2) is 4.68 Å². The van der Waals surface area contributed by atoms with Gasteiger partial charge in [0, 0.05) is 16.8 Å². The second-order valence-corrected chi connectivity index (χ2v) is 11.7. The highest BCUT2D eigenvalue weighted by Crippen LogP contribution is 2.55. The highest BCUT2D eigenvalue weighted by molar-refractivity contribution is 6.31. The van der Waals surface area contributed by atoms with E-state index in [1.165, 1.54) is 42.3 Å². The molecule has 3 bridgehead atoms. The van der Waals surface area contributed by atoms with E-state index in [0.29, 0.717) is 22.4 Å². The van der Waals surface area contributed by atoms with Crippen LogP contribution in [0.2, 0.25) is 5.02 Å². The van der Waals surface area contributed by atoms with Crippen molar-refractivity contribution < 1.29 is 18.0 Å². The summed E-state index contributed by atoms with van der Waals surface area (Å²) >= 11 is 6.37. The molecular formula is C29H29ClF3N3O2. The maximum atomic E-state index is 13.7. The Hall–Kier alpha value is -3.00. The van der Waals surface area contributed by atoms with Crippen molar-refractivity contribution in [3.63, 3.8) is 0 Å². The number of nitrogens with zero attached hydrogens (tertiary/aromatic N) is 2. The molecule has 0 saturated heterocycles. The molecule has 1 N–H and O–H groups in total. The lowest BCUT2D eigenvalue weighted by Crippen LogP contribution is -2.52. The van der Waals surface area contributed by atoms with Gasteiger partial charge in [0.2, 0.25) is 0 Å². The quantitative estimate of drug-likeness (QED) is 0.402. The Morgan fingerprint density at radius 3 is 2.53 bits per heavy atom. The van der Waals surface area contributed by atoms with E-state index < -0.39 is 23.2 Å². The van der Waals surface area contributed by atoms with Gasteiger partial charge in [-0.3, -0.25) is 14.3 Å². The molecule has 2 aromatic carbocycles. The molecule has 4 atom stereocenters. The fourth-order valence-electron chi connectivity index (χ4n) is 7.25. The Labute approximate surface area is 223 Å². The van der Waals surface area contributed by atoms with E-state index in [1.807, 2.05) is 12.1 Å². The van der Waals surface area contributed by atoms with Gasteiger partial charge in [0.25, 0.3) is 11.5 Å². The van der Waals surface area contributed by atoms with Crippen molar-refractivity contribution in [2.24, 2.45) is 17.8 Å². The third-order valence-electron chi connectivity index (χ3n) is 8.81. The molecule has 9 heteroatoms. The predicted octanol–water partition coefficient (Wildman–Crippen LogP) is 6.45. The first-order valence-corrected chi connectivity index (χ1v) is 13.6. The fourth-order valence-corrected chi connectivity index (χ4v) is 7.44. The van der Waals surface area contributed by atoms with Crippen LogP contribution in [-0.2, 0) is 12.7 Å². The average molecular weight is 544 g/mol. The van der Waals surface area contributed by atoms with Crippen LogP contribution < -0.4 is 10.9 Å². The van der Waals surface area contributed by atoms with Crippen molar-refractivity contribution in [3.8, 4) is 5.69 Å². The first-order valence-electron chi connectivity index (χ1n) is 13.2. The maximum absolute atomic E-state index is 13.7. The SMILES string of the molecule is O=C(NC12CCCC3CC(C[C@H]3C1)C2)c1cn(Cc2ccccc2Cl)n(-c2ccc(C(F)(F)F)cc2)c1=O. The number of hydrogen-bond acceptors (Lipinski definition) is 2. The molecule has 0 radical (unpaired) electrons. The summed E-state index contributed by atoms with van der Waals surface area (Å²) in [7, 11) is 0. The Balaban J connectivity index is 1.37. The number of hydrogen-bond donors (Lipinski definition) is 1. The van der Waals surface area contributed by atoms with Gasteiger partial charge >= 0.3 is 6.18 Å². The topological polar surface area (TPSA) is 56.0 Å². The first kappa shape index (κ1) is 25.3. The number of benzene rings is 2. The Morgan fingerprint density at radius 2 is 1.79 bits per heavy atom. The number of aromatic nitrogens is 2. The number of rotatable bonds is 5. The molecule has 1 heterocycles. The zero-order chi connectivity index (χ0) is 26.7. The van der Waals surface area contributed by atoms with Crippen molar-refractivity contribution in [1.29, 1.82) is 0 Å². The van der Waals surface area contributed by atoms with Gasteiger partial charge in [0.05, 0.1) is 17.8 Å². The number of nitrogens with one attached hydrogen (secondary N) is 1. The molecule has 3 fully saturated rings. The van der Waals surface area contributed by atoms with E-state index in [0.717, 1.165) is 43.7 Å². The van der Waals surface area contributed by atoms with Gasteiger partial charge in [0.1, 0.15) is 5.56 Å². The zero-order valence-electron chi connectivity index (χ0n) is 20.8. The van der Waals surface area contributed by atoms with E-state index in [4.69, 9.17) is 11.6 Å². The molecule has 3 unspecified atom stereocenters. The average Bonchev–Trinajstić information content (AvgIpc) is 3.30. The number of halogens is 4. The number of alkyl halides is 3. The van der Waals surface area contributed by atoms with E-state index in [9.17, 15) is 22.8 Å². The number of amides is 1. The molecule has 1 amide bonds. The summed E-state index contributed by atoms with van der Waals surface area (Å²) in [6, 6.07) is 11.5. The summed E-state index contributed by atoms with van der Waals surface area (Å²) in [6.07, 6.45) is 4.54. The van der Waals surface area contributed by atoms with Gasteiger partial charge in [0.15, 0.2) is 0 Å². The van der Waals surface area contributed by atoms with E-state index >= 15 is 0 Å². The van der Waals surface area contributed by atoms with E-state index in [1.54, 1.807) is 16.8 Å². The third-order valence-corrected chi connectivity index (χ3v) is 9.18. The largest absolute Gasteiger partial charge is 0.416 e. The van der Waals surface area contributed by atoms with Crippen LogP contribution in [0.3, 0.4) is 0 Å². The molecule has 6 rings (SSSR count). The van der Waals surface area contributed by atoms with Crippen LogP contribution in [0.15, 0.2) is 59.5 Å². The van der Waals surface area contributed by atoms with E-state index in [-0.39, 0.29) is 23.3 Å². The summed E-state index contributed by atoms with van der Waals surface area (Å²) in [5, 5.41) is 3.76. The van der Waals surface area contributed by atoms with Crippen LogP contribution in [-0.4, -0.2) is 20.8 Å². The van der Waals surface area contributed by atoms with E-state index in [2.05, 4.69) is 5.32 Å². The van der Waals surface area contributed by atoms with Gasteiger partial charge in [-0.1, -0.05) is 42.6 Å². The Bertz CT molecular complexity index is 1430. The molecule has 3 saturated carbocycles. The Morgan fingerprint density at radius 1 is 1.05 bits per heavy atom. The van der Waals surface area contributed by atoms with Gasteiger partial charge in [-0.15, -0.1) is 0 Å². The lowest BCUT2D eigenvalue weighted by molar-refractivity contribution is -0.137. The standard InChI is InChI=1S/C29H29ClF3N3O2/c30-25-6-2-1-4-20(25)16-35-17-24(27(38)36(35)23-9-7-22(8-10-23)29(31,32)33)26(37)34-28-11-3-5-19-12-18(14-28)13-21(19)15-28/h1-2,4,6-10,17-19,21H,3,5,11-16H2,(H,34,37)/t18?,19?,21-,28?/m0/s1. The van der Waals surface area contributed by atoms with Gasteiger partial charge in [-0.2, -0.15) is 13.2 Å².